The smallest absolute Gasteiger partial charge is 0.115 e. The first-order chi connectivity index (χ1) is 9.33. The van der Waals surface area contributed by atoms with Gasteiger partial charge in [-0.2, -0.15) is 0 Å². The van der Waals surface area contributed by atoms with Crippen molar-refractivity contribution in [2.45, 2.75) is 6.54 Å². The second-order valence-corrected chi connectivity index (χ2v) is 5.00. The molecule has 0 fully saturated rings. The van der Waals surface area contributed by atoms with E-state index in [0.29, 0.717) is 6.54 Å². The highest BCUT2D eigenvalue weighted by Gasteiger charge is 2.03. The first kappa shape index (κ1) is 12.0. The van der Waals surface area contributed by atoms with Crippen LogP contribution in [0.5, 0.6) is 0 Å². The summed E-state index contributed by atoms with van der Waals surface area (Å²) in [6, 6.07) is 10.0. The molecule has 0 radical (unpaired) electrons. The van der Waals surface area contributed by atoms with Gasteiger partial charge < -0.3 is 5.32 Å². The predicted octanol–water partition coefficient (Wildman–Crippen LogP) is 3.40. The van der Waals surface area contributed by atoms with E-state index in [4.69, 9.17) is 0 Å². The second-order valence-electron chi connectivity index (χ2n) is 4.09. The van der Waals surface area contributed by atoms with Crippen LogP contribution in [0.15, 0.2) is 53.5 Å². The van der Waals surface area contributed by atoms with Crippen molar-refractivity contribution in [3.05, 3.63) is 59.2 Å². The minimum atomic E-state index is 0.652. The van der Waals surface area contributed by atoms with Gasteiger partial charge in [0.2, 0.25) is 0 Å². The molecular formula is C14H11BrN4. The number of benzene rings is 1. The lowest BCUT2D eigenvalue weighted by Crippen LogP contribution is -2.02. The van der Waals surface area contributed by atoms with E-state index in [2.05, 4.69) is 42.3 Å². The molecule has 0 atom stereocenters. The van der Waals surface area contributed by atoms with Crippen molar-refractivity contribution in [2.24, 2.45) is 0 Å². The summed E-state index contributed by atoms with van der Waals surface area (Å²) < 4.78 is 0.980. The number of hydrogen-bond donors (Lipinski definition) is 1. The van der Waals surface area contributed by atoms with Gasteiger partial charge in [-0.05, 0) is 34.1 Å². The molecule has 2 heterocycles. The molecule has 94 valence electrons. The molecule has 3 aromatic rings. The summed E-state index contributed by atoms with van der Waals surface area (Å²) in [4.78, 5) is 12.5. The molecule has 5 heteroatoms. The van der Waals surface area contributed by atoms with Crippen LogP contribution in [-0.2, 0) is 6.54 Å². The minimum absolute atomic E-state index is 0.652. The summed E-state index contributed by atoms with van der Waals surface area (Å²) in [5, 5.41) is 4.45. The number of rotatable bonds is 3. The monoisotopic (exact) mass is 314 g/mol. The van der Waals surface area contributed by atoms with E-state index in [1.54, 1.807) is 18.7 Å². The van der Waals surface area contributed by atoms with Gasteiger partial charge in [0, 0.05) is 22.3 Å². The Bertz CT molecular complexity index is 700. The van der Waals surface area contributed by atoms with Crippen molar-refractivity contribution in [2.75, 3.05) is 5.32 Å². The number of hydrogen-bond acceptors (Lipinski definition) is 4. The van der Waals surface area contributed by atoms with Crippen LogP contribution in [0, 0.1) is 0 Å². The van der Waals surface area contributed by atoms with Crippen molar-refractivity contribution in [1.29, 1.82) is 0 Å². The first-order valence-electron chi connectivity index (χ1n) is 5.86. The van der Waals surface area contributed by atoms with Crippen molar-refractivity contribution in [3.8, 4) is 0 Å². The molecule has 19 heavy (non-hydrogen) atoms. The van der Waals surface area contributed by atoms with E-state index in [1.165, 1.54) is 0 Å². The fourth-order valence-corrected chi connectivity index (χ4v) is 2.23. The number of aromatic nitrogens is 3. The molecule has 0 bridgehead atoms. The molecular weight excluding hydrogens is 304 g/mol. The Morgan fingerprint density at radius 2 is 2.11 bits per heavy atom. The molecule has 0 saturated heterocycles. The molecule has 2 aromatic heterocycles. The summed E-state index contributed by atoms with van der Waals surface area (Å²) in [6.07, 6.45) is 5.09. The van der Waals surface area contributed by atoms with Gasteiger partial charge in [0.15, 0.2) is 0 Å². The zero-order valence-electron chi connectivity index (χ0n) is 10.0. The Hall–Kier alpha value is -2.01. The fraction of sp³-hybridized carbons (Fsp3) is 0.0714. The lowest BCUT2D eigenvalue weighted by molar-refractivity contribution is 1.01. The molecule has 3 rings (SSSR count). The Morgan fingerprint density at radius 3 is 2.95 bits per heavy atom. The number of nitrogens with one attached hydrogen (secondary N) is 1. The Balaban J connectivity index is 1.89. The van der Waals surface area contributed by atoms with E-state index < -0.39 is 0 Å². The molecule has 1 N–H and O–H groups in total. The van der Waals surface area contributed by atoms with E-state index in [0.717, 1.165) is 26.8 Å². The van der Waals surface area contributed by atoms with Crippen LogP contribution < -0.4 is 5.32 Å². The lowest BCUT2D eigenvalue weighted by Gasteiger charge is -2.08. The number of fused-ring (bicyclic) bond motifs is 1. The van der Waals surface area contributed by atoms with E-state index in [-0.39, 0.29) is 0 Å². The van der Waals surface area contributed by atoms with Gasteiger partial charge in [-0.3, -0.25) is 4.98 Å². The maximum atomic E-state index is 4.45. The van der Waals surface area contributed by atoms with Crippen LogP contribution in [0.4, 0.5) is 5.69 Å². The number of anilines is 1. The molecule has 0 spiro atoms. The largest absolute Gasteiger partial charge is 0.378 e. The van der Waals surface area contributed by atoms with E-state index >= 15 is 0 Å². The van der Waals surface area contributed by atoms with Crippen LogP contribution >= 0.6 is 15.9 Å². The minimum Gasteiger partial charge on any atom is -0.378 e. The Kier molecular flexibility index (Phi) is 3.37. The molecule has 0 unspecified atom stereocenters. The highest BCUT2D eigenvalue weighted by Crippen LogP contribution is 2.24. The number of para-hydroxylation sites is 1. The average molecular weight is 315 g/mol. The van der Waals surface area contributed by atoms with Crippen molar-refractivity contribution < 1.29 is 0 Å². The quantitative estimate of drug-likeness (QED) is 0.805. The Morgan fingerprint density at radius 1 is 1.16 bits per heavy atom. The second kappa shape index (κ2) is 5.32. The van der Waals surface area contributed by atoms with Gasteiger partial charge in [0.05, 0.1) is 23.4 Å². The van der Waals surface area contributed by atoms with Gasteiger partial charge in [0.25, 0.3) is 0 Å². The third kappa shape index (κ3) is 2.71. The molecule has 0 amide bonds. The molecule has 4 nitrogen and oxygen atoms in total. The SMILES string of the molecule is Brc1cnc2c(NCc3ccncn3)cccc2c1. The van der Waals surface area contributed by atoms with Crippen LogP contribution in [0.3, 0.4) is 0 Å². The summed E-state index contributed by atoms with van der Waals surface area (Å²) in [6.45, 7) is 0.652. The van der Waals surface area contributed by atoms with Crippen LogP contribution in [0.2, 0.25) is 0 Å². The zero-order valence-corrected chi connectivity index (χ0v) is 11.6. The number of pyridine rings is 1. The molecule has 1 aromatic carbocycles. The molecule has 0 aliphatic heterocycles. The summed E-state index contributed by atoms with van der Waals surface area (Å²) in [5.74, 6) is 0. The highest BCUT2D eigenvalue weighted by molar-refractivity contribution is 9.10. The first-order valence-corrected chi connectivity index (χ1v) is 6.65. The Labute approximate surface area is 119 Å². The normalized spacial score (nSPS) is 10.6. The molecule has 0 aliphatic rings. The van der Waals surface area contributed by atoms with Crippen molar-refractivity contribution in [3.63, 3.8) is 0 Å². The van der Waals surface area contributed by atoms with Gasteiger partial charge >= 0.3 is 0 Å². The fourth-order valence-electron chi connectivity index (χ4n) is 1.89. The van der Waals surface area contributed by atoms with Crippen LogP contribution in [0.25, 0.3) is 10.9 Å². The summed E-state index contributed by atoms with van der Waals surface area (Å²) in [7, 11) is 0. The predicted molar refractivity (Wildman–Crippen MR) is 78.8 cm³/mol. The lowest BCUT2D eigenvalue weighted by atomic mass is 10.2. The van der Waals surface area contributed by atoms with Crippen LogP contribution in [0.1, 0.15) is 5.69 Å². The van der Waals surface area contributed by atoms with Gasteiger partial charge in [-0.15, -0.1) is 0 Å². The van der Waals surface area contributed by atoms with Crippen molar-refractivity contribution in [1.82, 2.24) is 15.0 Å². The van der Waals surface area contributed by atoms with E-state index in [9.17, 15) is 0 Å². The average Bonchev–Trinajstić information content (AvgIpc) is 2.45. The maximum absolute atomic E-state index is 4.45. The molecule has 0 aliphatic carbocycles. The van der Waals surface area contributed by atoms with Gasteiger partial charge in [-0.25, -0.2) is 9.97 Å². The number of nitrogens with zero attached hydrogens (tertiary/aromatic N) is 3. The standard InChI is InChI=1S/C14H11BrN4/c15-11-6-10-2-1-3-13(14(10)18-7-11)17-8-12-4-5-16-9-19-12/h1-7,9,17H,8H2. The molecule has 0 saturated carbocycles. The summed E-state index contributed by atoms with van der Waals surface area (Å²) >= 11 is 3.43. The number of halogens is 1. The third-order valence-corrected chi connectivity index (χ3v) is 3.21. The highest BCUT2D eigenvalue weighted by atomic mass is 79.9. The zero-order chi connectivity index (χ0) is 13.1. The summed E-state index contributed by atoms with van der Waals surface area (Å²) in [5.41, 5.74) is 2.91. The van der Waals surface area contributed by atoms with Gasteiger partial charge in [-0.1, -0.05) is 12.1 Å². The van der Waals surface area contributed by atoms with Crippen LogP contribution in [-0.4, -0.2) is 15.0 Å². The maximum Gasteiger partial charge on any atom is 0.115 e. The third-order valence-electron chi connectivity index (χ3n) is 2.78. The van der Waals surface area contributed by atoms with E-state index in [1.807, 2.05) is 24.3 Å². The van der Waals surface area contributed by atoms with Crippen molar-refractivity contribution >= 4 is 32.5 Å². The van der Waals surface area contributed by atoms with Gasteiger partial charge in [0.1, 0.15) is 6.33 Å². The topological polar surface area (TPSA) is 50.7 Å².